The Morgan fingerprint density at radius 2 is 1.77 bits per heavy atom. The van der Waals surface area contributed by atoms with Crippen molar-refractivity contribution in [2.24, 2.45) is 0 Å². The lowest BCUT2D eigenvalue weighted by atomic mass is 9.93. The van der Waals surface area contributed by atoms with Crippen LogP contribution in [-0.2, 0) is 5.54 Å². The predicted octanol–water partition coefficient (Wildman–Crippen LogP) is 5.96. The van der Waals surface area contributed by atoms with Crippen LogP contribution in [0.3, 0.4) is 0 Å². The molecule has 0 bridgehead atoms. The Balaban J connectivity index is 2.43. The molecule has 0 aliphatic heterocycles. The standard InChI is InChI=1S/C17H19Cl2NOS/c1-17(2,20-3)13-10-12(22-4)6-8-16(13)21-11-5-7-14(18)15(19)9-11/h5-10,20H,1-4H3. The predicted molar refractivity (Wildman–Crippen MR) is 96.8 cm³/mol. The highest BCUT2D eigenvalue weighted by Gasteiger charge is 2.23. The second-order valence-electron chi connectivity index (χ2n) is 5.42. The Labute approximate surface area is 146 Å². The first-order chi connectivity index (χ1) is 10.4. The Bertz CT molecular complexity index is 674. The van der Waals surface area contributed by atoms with Gasteiger partial charge in [-0.05, 0) is 57.5 Å². The van der Waals surface area contributed by atoms with Gasteiger partial charge in [0.25, 0.3) is 0 Å². The van der Waals surface area contributed by atoms with E-state index in [4.69, 9.17) is 27.9 Å². The summed E-state index contributed by atoms with van der Waals surface area (Å²) in [7, 11) is 1.94. The smallest absolute Gasteiger partial charge is 0.132 e. The molecule has 0 radical (unpaired) electrons. The van der Waals surface area contributed by atoms with E-state index < -0.39 is 0 Å². The number of rotatable bonds is 5. The van der Waals surface area contributed by atoms with Gasteiger partial charge in [-0.25, -0.2) is 0 Å². The maximum Gasteiger partial charge on any atom is 0.132 e. The van der Waals surface area contributed by atoms with Gasteiger partial charge in [0.2, 0.25) is 0 Å². The summed E-state index contributed by atoms with van der Waals surface area (Å²) in [5.74, 6) is 1.47. The van der Waals surface area contributed by atoms with E-state index in [0.717, 1.165) is 11.3 Å². The van der Waals surface area contributed by atoms with Crippen molar-refractivity contribution >= 4 is 35.0 Å². The minimum Gasteiger partial charge on any atom is -0.457 e. The van der Waals surface area contributed by atoms with Crippen molar-refractivity contribution in [3.8, 4) is 11.5 Å². The maximum absolute atomic E-state index is 6.06. The molecule has 22 heavy (non-hydrogen) atoms. The Kier molecular flexibility index (Phi) is 5.67. The molecular weight excluding hydrogens is 337 g/mol. The van der Waals surface area contributed by atoms with Crippen molar-refractivity contribution in [3.63, 3.8) is 0 Å². The van der Waals surface area contributed by atoms with Crippen LogP contribution in [0.2, 0.25) is 10.0 Å². The molecule has 2 aromatic rings. The fourth-order valence-electron chi connectivity index (χ4n) is 2.02. The molecule has 118 valence electrons. The zero-order chi connectivity index (χ0) is 16.3. The molecule has 2 rings (SSSR count). The van der Waals surface area contributed by atoms with Crippen molar-refractivity contribution in [2.45, 2.75) is 24.3 Å². The average Bonchev–Trinajstić information content (AvgIpc) is 2.51. The first-order valence-electron chi connectivity index (χ1n) is 6.87. The number of nitrogens with one attached hydrogen (secondary N) is 1. The molecule has 0 aliphatic rings. The highest BCUT2D eigenvalue weighted by Crippen LogP contribution is 2.36. The quantitative estimate of drug-likeness (QED) is 0.668. The molecule has 0 unspecified atom stereocenters. The van der Waals surface area contributed by atoms with Gasteiger partial charge in [-0.15, -0.1) is 11.8 Å². The summed E-state index contributed by atoms with van der Waals surface area (Å²) in [6, 6.07) is 11.5. The van der Waals surface area contributed by atoms with Gasteiger partial charge in [-0.2, -0.15) is 0 Å². The summed E-state index contributed by atoms with van der Waals surface area (Å²) in [6.45, 7) is 4.24. The molecule has 0 heterocycles. The number of thioether (sulfide) groups is 1. The lowest BCUT2D eigenvalue weighted by Gasteiger charge is -2.27. The molecule has 1 N–H and O–H groups in total. The van der Waals surface area contributed by atoms with E-state index in [1.807, 2.05) is 25.2 Å². The Morgan fingerprint density at radius 1 is 1.05 bits per heavy atom. The van der Waals surface area contributed by atoms with Gasteiger partial charge < -0.3 is 10.1 Å². The topological polar surface area (TPSA) is 21.3 Å². The van der Waals surface area contributed by atoms with E-state index in [2.05, 4.69) is 31.5 Å². The molecule has 0 fully saturated rings. The Morgan fingerprint density at radius 3 is 2.36 bits per heavy atom. The summed E-state index contributed by atoms with van der Waals surface area (Å²) in [5, 5.41) is 4.32. The zero-order valence-electron chi connectivity index (χ0n) is 13.0. The minimum atomic E-state index is -0.211. The largest absolute Gasteiger partial charge is 0.457 e. The molecule has 0 spiro atoms. The Hall–Kier alpha value is -0.870. The summed E-state index contributed by atoms with van der Waals surface area (Å²) in [6.07, 6.45) is 2.06. The fraction of sp³-hybridized carbons (Fsp3) is 0.294. The molecule has 0 aromatic heterocycles. The second kappa shape index (κ2) is 7.14. The maximum atomic E-state index is 6.06. The highest BCUT2D eigenvalue weighted by atomic mass is 35.5. The van der Waals surface area contributed by atoms with Crippen LogP contribution in [0, 0.1) is 0 Å². The lowest BCUT2D eigenvalue weighted by molar-refractivity contribution is 0.406. The van der Waals surface area contributed by atoms with Crippen molar-refractivity contribution in [2.75, 3.05) is 13.3 Å². The van der Waals surface area contributed by atoms with Crippen LogP contribution in [-0.4, -0.2) is 13.3 Å². The van der Waals surface area contributed by atoms with E-state index >= 15 is 0 Å². The van der Waals surface area contributed by atoms with Crippen LogP contribution in [0.1, 0.15) is 19.4 Å². The van der Waals surface area contributed by atoms with Crippen molar-refractivity contribution in [1.82, 2.24) is 5.32 Å². The van der Waals surface area contributed by atoms with E-state index in [9.17, 15) is 0 Å². The van der Waals surface area contributed by atoms with E-state index in [1.165, 1.54) is 4.90 Å². The summed E-state index contributed by atoms with van der Waals surface area (Å²) in [5.41, 5.74) is 0.880. The second-order valence-corrected chi connectivity index (χ2v) is 7.11. The molecule has 2 aromatic carbocycles. The van der Waals surface area contributed by atoms with Crippen LogP contribution in [0.15, 0.2) is 41.3 Å². The van der Waals surface area contributed by atoms with Gasteiger partial charge >= 0.3 is 0 Å². The van der Waals surface area contributed by atoms with Gasteiger partial charge in [-0.1, -0.05) is 23.2 Å². The molecule has 0 atom stereocenters. The van der Waals surface area contributed by atoms with Gasteiger partial charge in [0, 0.05) is 22.1 Å². The van der Waals surface area contributed by atoms with Crippen LogP contribution >= 0.6 is 35.0 Å². The van der Waals surface area contributed by atoms with Gasteiger partial charge in [0.05, 0.1) is 10.0 Å². The van der Waals surface area contributed by atoms with Gasteiger partial charge in [0.15, 0.2) is 0 Å². The molecule has 0 aliphatic carbocycles. The third-order valence-electron chi connectivity index (χ3n) is 3.60. The van der Waals surface area contributed by atoms with Crippen molar-refractivity contribution in [3.05, 3.63) is 52.0 Å². The molecule has 0 amide bonds. The normalized spacial score (nSPS) is 11.5. The van der Waals surface area contributed by atoms with Crippen LogP contribution < -0.4 is 10.1 Å². The third-order valence-corrected chi connectivity index (χ3v) is 5.07. The number of benzene rings is 2. The van der Waals surface area contributed by atoms with E-state index in [0.29, 0.717) is 15.8 Å². The molecule has 0 saturated heterocycles. The first-order valence-corrected chi connectivity index (χ1v) is 8.86. The van der Waals surface area contributed by atoms with Crippen molar-refractivity contribution < 1.29 is 4.74 Å². The molecular formula is C17H19Cl2NOS. The third kappa shape index (κ3) is 3.90. The van der Waals surface area contributed by atoms with E-state index in [-0.39, 0.29) is 5.54 Å². The lowest BCUT2D eigenvalue weighted by Crippen LogP contribution is -2.33. The summed E-state index contributed by atoms with van der Waals surface area (Å²) >= 11 is 13.7. The van der Waals surface area contributed by atoms with Gasteiger partial charge in [-0.3, -0.25) is 0 Å². The molecule has 5 heteroatoms. The number of hydrogen-bond donors (Lipinski definition) is 1. The molecule has 2 nitrogen and oxygen atoms in total. The number of ether oxygens (including phenoxy) is 1. The van der Waals surface area contributed by atoms with Gasteiger partial charge in [0.1, 0.15) is 11.5 Å². The zero-order valence-corrected chi connectivity index (χ0v) is 15.4. The minimum absolute atomic E-state index is 0.211. The van der Waals surface area contributed by atoms with E-state index in [1.54, 1.807) is 23.9 Å². The fourth-order valence-corrected chi connectivity index (χ4v) is 2.74. The first kappa shape index (κ1) is 17.5. The van der Waals surface area contributed by atoms with Crippen LogP contribution in [0.25, 0.3) is 0 Å². The summed E-state index contributed by atoms with van der Waals surface area (Å²) < 4.78 is 6.04. The molecule has 0 saturated carbocycles. The monoisotopic (exact) mass is 355 g/mol. The van der Waals surface area contributed by atoms with Crippen LogP contribution in [0.5, 0.6) is 11.5 Å². The van der Waals surface area contributed by atoms with Crippen LogP contribution in [0.4, 0.5) is 0 Å². The average molecular weight is 356 g/mol. The SMILES string of the molecule is CNC(C)(C)c1cc(SC)ccc1Oc1ccc(Cl)c(Cl)c1. The number of hydrogen-bond acceptors (Lipinski definition) is 3. The highest BCUT2D eigenvalue weighted by molar-refractivity contribution is 7.98. The number of halogens is 2. The summed E-state index contributed by atoms with van der Waals surface area (Å²) in [4.78, 5) is 1.19. The van der Waals surface area contributed by atoms with Crippen molar-refractivity contribution in [1.29, 1.82) is 0 Å².